The van der Waals surface area contributed by atoms with Gasteiger partial charge in [0.15, 0.2) is 0 Å². The van der Waals surface area contributed by atoms with E-state index in [9.17, 15) is 9.59 Å². The van der Waals surface area contributed by atoms with Crippen molar-refractivity contribution in [2.75, 3.05) is 46.9 Å². The predicted molar refractivity (Wildman–Crippen MR) is 101 cm³/mol. The second kappa shape index (κ2) is 8.29. The van der Waals surface area contributed by atoms with Crippen molar-refractivity contribution in [1.82, 2.24) is 14.4 Å². The molecule has 2 aromatic rings. The molecule has 0 unspecified atom stereocenters. The summed E-state index contributed by atoms with van der Waals surface area (Å²) >= 11 is 0. The number of esters is 1. The van der Waals surface area contributed by atoms with Gasteiger partial charge in [0, 0.05) is 51.0 Å². The number of hydrogen-bond donors (Lipinski definition) is 0. The Morgan fingerprint density at radius 1 is 1.04 bits per heavy atom. The highest BCUT2D eigenvalue weighted by Crippen LogP contribution is 2.16. The van der Waals surface area contributed by atoms with Crippen LogP contribution < -0.4 is 5.56 Å². The zero-order chi connectivity index (χ0) is 18.5. The first kappa shape index (κ1) is 18.4. The van der Waals surface area contributed by atoms with Gasteiger partial charge in [0.05, 0.1) is 12.7 Å². The van der Waals surface area contributed by atoms with Gasteiger partial charge in [-0.3, -0.25) is 9.69 Å². The van der Waals surface area contributed by atoms with Gasteiger partial charge in [-0.05, 0) is 36.9 Å². The molecule has 6 heteroatoms. The first-order chi connectivity index (χ1) is 12.6. The first-order valence-electron chi connectivity index (χ1n) is 8.87. The molecule has 26 heavy (non-hydrogen) atoms. The van der Waals surface area contributed by atoms with Gasteiger partial charge in [-0.25, -0.2) is 4.79 Å². The average molecular weight is 355 g/mol. The molecule has 0 saturated carbocycles. The monoisotopic (exact) mass is 355 g/mol. The number of likely N-dealkylation sites (N-methyl/N-ethyl adjacent to an activating group) is 1. The molecule has 1 aliphatic rings. The van der Waals surface area contributed by atoms with Gasteiger partial charge in [-0.15, -0.1) is 0 Å². The summed E-state index contributed by atoms with van der Waals surface area (Å²) in [6, 6.07) is 10.7. The number of methoxy groups -OCH3 is 1. The van der Waals surface area contributed by atoms with Crippen LogP contribution in [0.2, 0.25) is 0 Å². The van der Waals surface area contributed by atoms with Crippen LogP contribution >= 0.6 is 0 Å². The maximum atomic E-state index is 12.8. The van der Waals surface area contributed by atoms with Crippen molar-refractivity contribution in [3.05, 3.63) is 58.5 Å². The molecular formula is C20H25N3O3. The Balaban J connectivity index is 1.72. The molecule has 0 radical (unpaired) electrons. The van der Waals surface area contributed by atoms with Gasteiger partial charge in [0.1, 0.15) is 0 Å². The third-order valence-electron chi connectivity index (χ3n) is 4.89. The summed E-state index contributed by atoms with van der Waals surface area (Å²) in [5, 5.41) is 0. The lowest BCUT2D eigenvalue weighted by molar-refractivity contribution is 0.0601. The van der Waals surface area contributed by atoms with Gasteiger partial charge in [-0.2, -0.15) is 0 Å². The van der Waals surface area contributed by atoms with E-state index in [2.05, 4.69) is 16.8 Å². The number of pyridine rings is 1. The topological polar surface area (TPSA) is 54.8 Å². The van der Waals surface area contributed by atoms with Gasteiger partial charge in [-0.1, -0.05) is 12.1 Å². The number of aromatic nitrogens is 1. The Labute approximate surface area is 153 Å². The molecule has 0 atom stereocenters. The second-order valence-electron chi connectivity index (χ2n) is 6.63. The van der Waals surface area contributed by atoms with Gasteiger partial charge in [0.25, 0.3) is 5.56 Å². The van der Waals surface area contributed by atoms with Crippen LogP contribution in [0.15, 0.2) is 47.4 Å². The van der Waals surface area contributed by atoms with Crippen molar-refractivity contribution in [2.45, 2.75) is 6.54 Å². The molecule has 0 amide bonds. The Morgan fingerprint density at radius 3 is 2.38 bits per heavy atom. The number of carbonyl (C=O) groups excluding carboxylic acids is 1. The molecule has 1 aromatic heterocycles. The number of nitrogens with zero attached hydrogens (tertiary/aromatic N) is 3. The van der Waals surface area contributed by atoms with Crippen LogP contribution in [-0.2, 0) is 11.3 Å². The Kier molecular flexibility index (Phi) is 5.85. The summed E-state index contributed by atoms with van der Waals surface area (Å²) < 4.78 is 6.47. The van der Waals surface area contributed by atoms with Crippen molar-refractivity contribution >= 4 is 5.97 Å². The first-order valence-corrected chi connectivity index (χ1v) is 8.87. The third-order valence-corrected chi connectivity index (χ3v) is 4.89. The molecule has 1 aromatic carbocycles. The normalized spacial score (nSPS) is 15.8. The highest BCUT2D eigenvalue weighted by Gasteiger charge is 2.14. The third kappa shape index (κ3) is 4.20. The van der Waals surface area contributed by atoms with E-state index in [-0.39, 0.29) is 11.5 Å². The molecule has 0 aliphatic carbocycles. The van der Waals surface area contributed by atoms with E-state index >= 15 is 0 Å². The molecule has 1 fully saturated rings. The maximum Gasteiger partial charge on any atom is 0.337 e. The van der Waals surface area contributed by atoms with E-state index in [0.717, 1.165) is 38.3 Å². The lowest BCUT2D eigenvalue weighted by atomic mass is 10.1. The van der Waals surface area contributed by atoms with Crippen LogP contribution in [0.4, 0.5) is 0 Å². The van der Waals surface area contributed by atoms with Crippen LogP contribution in [0, 0.1) is 0 Å². The largest absolute Gasteiger partial charge is 0.465 e. The standard InChI is InChI=1S/C20H25N3O3/c1-21-10-12-22(13-11-21)14-15-23-9-3-4-18(19(23)24)16-5-7-17(8-6-16)20(25)26-2/h3-9H,10-15H2,1-2H3. The van der Waals surface area contributed by atoms with Crippen LogP contribution in [-0.4, -0.2) is 67.2 Å². The Bertz CT molecular complexity index is 806. The molecule has 0 bridgehead atoms. The molecule has 0 N–H and O–H groups in total. The Hall–Kier alpha value is -2.44. The summed E-state index contributed by atoms with van der Waals surface area (Å²) in [6.45, 7) is 5.78. The number of piperazine rings is 1. The maximum absolute atomic E-state index is 12.8. The SMILES string of the molecule is COC(=O)c1ccc(-c2cccn(CCN3CCN(C)CC3)c2=O)cc1. The fraction of sp³-hybridized carbons (Fsp3) is 0.400. The lowest BCUT2D eigenvalue weighted by Crippen LogP contribution is -2.45. The van der Waals surface area contributed by atoms with E-state index in [1.54, 1.807) is 28.8 Å². The smallest absolute Gasteiger partial charge is 0.337 e. The molecule has 1 aliphatic heterocycles. The summed E-state index contributed by atoms with van der Waals surface area (Å²) in [5.41, 5.74) is 1.91. The van der Waals surface area contributed by atoms with E-state index in [1.165, 1.54) is 7.11 Å². The van der Waals surface area contributed by atoms with Crippen molar-refractivity contribution < 1.29 is 9.53 Å². The predicted octanol–water partition coefficient (Wildman–Crippen LogP) is 1.55. The molecule has 3 rings (SSSR count). The fourth-order valence-electron chi connectivity index (χ4n) is 3.16. The van der Waals surface area contributed by atoms with E-state index < -0.39 is 0 Å². The molecule has 1 saturated heterocycles. The van der Waals surface area contributed by atoms with Crippen LogP contribution in [0.25, 0.3) is 11.1 Å². The molecule has 0 spiro atoms. The number of ether oxygens (including phenoxy) is 1. The van der Waals surface area contributed by atoms with Crippen LogP contribution in [0.3, 0.4) is 0 Å². The number of benzene rings is 1. The quantitative estimate of drug-likeness (QED) is 0.762. The molecular weight excluding hydrogens is 330 g/mol. The van der Waals surface area contributed by atoms with Gasteiger partial charge >= 0.3 is 5.97 Å². The van der Waals surface area contributed by atoms with Crippen molar-refractivity contribution in [3.63, 3.8) is 0 Å². The summed E-state index contributed by atoms with van der Waals surface area (Å²) in [7, 11) is 3.49. The minimum atomic E-state index is -0.380. The highest BCUT2D eigenvalue weighted by atomic mass is 16.5. The van der Waals surface area contributed by atoms with Crippen molar-refractivity contribution in [1.29, 1.82) is 0 Å². The summed E-state index contributed by atoms with van der Waals surface area (Å²) in [4.78, 5) is 29.1. The number of hydrogen-bond acceptors (Lipinski definition) is 5. The van der Waals surface area contributed by atoms with Crippen LogP contribution in [0.1, 0.15) is 10.4 Å². The zero-order valence-corrected chi connectivity index (χ0v) is 15.4. The summed E-state index contributed by atoms with van der Waals surface area (Å²) in [5.74, 6) is -0.380. The van der Waals surface area contributed by atoms with E-state index in [0.29, 0.717) is 17.7 Å². The zero-order valence-electron chi connectivity index (χ0n) is 15.4. The molecule has 6 nitrogen and oxygen atoms in total. The lowest BCUT2D eigenvalue weighted by Gasteiger charge is -2.32. The minimum Gasteiger partial charge on any atom is -0.465 e. The van der Waals surface area contributed by atoms with Crippen LogP contribution in [0.5, 0.6) is 0 Å². The number of carbonyl (C=O) groups is 1. The highest BCUT2D eigenvalue weighted by molar-refractivity contribution is 5.89. The van der Waals surface area contributed by atoms with Crippen molar-refractivity contribution in [3.8, 4) is 11.1 Å². The van der Waals surface area contributed by atoms with E-state index in [1.807, 2.05) is 18.3 Å². The van der Waals surface area contributed by atoms with Gasteiger partial charge in [0.2, 0.25) is 0 Å². The summed E-state index contributed by atoms with van der Waals surface area (Å²) in [6.07, 6.45) is 1.84. The fourth-order valence-corrected chi connectivity index (χ4v) is 3.16. The minimum absolute atomic E-state index is 0.00699. The van der Waals surface area contributed by atoms with Gasteiger partial charge < -0.3 is 14.2 Å². The van der Waals surface area contributed by atoms with Crippen molar-refractivity contribution in [2.24, 2.45) is 0 Å². The number of rotatable bonds is 5. The van der Waals surface area contributed by atoms with E-state index in [4.69, 9.17) is 4.74 Å². The molecule has 2 heterocycles. The Morgan fingerprint density at radius 2 is 1.73 bits per heavy atom. The molecule has 138 valence electrons. The average Bonchev–Trinajstić information content (AvgIpc) is 2.68. The second-order valence-corrected chi connectivity index (χ2v) is 6.63.